The predicted octanol–water partition coefficient (Wildman–Crippen LogP) is 2.18. The number of aromatic nitrogens is 2. The molecule has 0 bridgehead atoms. The molecule has 1 N–H and O–H groups in total. The molecule has 2 aliphatic heterocycles. The van der Waals surface area contributed by atoms with Crippen molar-refractivity contribution in [1.29, 1.82) is 0 Å². The van der Waals surface area contributed by atoms with Crippen molar-refractivity contribution in [3.63, 3.8) is 0 Å². The lowest BCUT2D eigenvalue weighted by Gasteiger charge is -2.21. The molecular formula is C19H25N7O2. The maximum absolute atomic E-state index is 12.5. The zero-order valence-electron chi connectivity index (χ0n) is 16.3. The monoisotopic (exact) mass is 383 g/mol. The lowest BCUT2D eigenvalue weighted by atomic mass is 9.86. The number of aryl methyl sites for hydroxylation is 1. The van der Waals surface area contributed by atoms with E-state index in [0.717, 1.165) is 6.42 Å². The first-order chi connectivity index (χ1) is 13.5. The summed E-state index contributed by atoms with van der Waals surface area (Å²) in [5, 5.41) is 12.9. The van der Waals surface area contributed by atoms with Crippen LogP contribution in [0, 0.1) is 18.8 Å². The molecule has 9 nitrogen and oxygen atoms in total. The number of amides is 2. The second-order valence-corrected chi connectivity index (χ2v) is 7.66. The summed E-state index contributed by atoms with van der Waals surface area (Å²) in [5.41, 5.74) is 0.705. The van der Waals surface area contributed by atoms with Gasteiger partial charge >= 0.3 is 0 Å². The van der Waals surface area contributed by atoms with Crippen LogP contribution >= 0.6 is 0 Å². The van der Waals surface area contributed by atoms with E-state index in [1.54, 1.807) is 18.1 Å². The minimum atomic E-state index is -0.543. The van der Waals surface area contributed by atoms with Crippen LogP contribution in [-0.2, 0) is 9.59 Å². The van der Waals surface area contributed by atoms with Gasteiger partial charge in [0, 0.05) is 25.7 Å². The Balaban J connectivity index is 1.47. The fourth-order valence-corrected chi connectivity index (χ4v) is 3.96. The van der Waals surface area contributed by atoms with Gasteiger partial charge in [0.25, 0.3) is 11.9 Å². The number of amidine groups is 1. The highest BCUT2D eigenvalue weighted by atomic mass is 16.2. The molecule has 0 radical (unpaired) electrons. The minimum absolute atomic E-state index is 0.0543. The molecule has 148 valence electrons. The summed E-state index contributed by atoms with van der Waals surface area (Å²) in [6, 6.07) is 1.76. The lowest BCUT2D eigenvalue weighted by Crippen LogP contribution is -2.35. The normalized spacial score (nSPS) is 22.1. The third-order valence-electron chi connectivity index (χ3n) is 5.48. The molecule has 0 saturated heterocycles. The number of fused-ring (bicyclic) bond motifs is 1. The molecule has 9 heteroatoms. The number of rotatable bonds is 4. The first kappa shape index (κ1) is 18.5. The van der Waals surface area contributed by atoms with Crippen molar-refractivity contribution in [2.75, 3.05) is 12.4 Å². The summed E-state index contributed by atoms with van der Waals surface area (Å²) in [7, 11) is 1.73. The van der Waals surface area contributed by atoms with Crippen LogP contribution in [0.5, 0.6) is 0 Å². The quantitative estimate of drug-likeness (QED) is 0.860. The Morgan fingerprint density at radius 3 is 2.82 bits per heavy atom. The summed E-state index contributed by atoms with van der Waals surface area (Å²) < 4.78 is 1.42. The number of hydrogen-bond acceptors (Lipinski definition) is 6. The van der Waals surface area contributed by atoms with E-state index in [1.165, 1.54) is 43.0 Å². The maximum Gasteiger partial charge on any atom is 0.265 e. The molecule has 1 fully saturated rings. The third kappa shape index (κ3) is 3.74. The van der Waals surface area contributed by atoms with Gasteiger partial charge in [-0.25, -0.2) is 0 Å². The molecule has 0 aromatic carbocycles. The molecule has 1 aromatic rings. The Labute approximate surface area is 163 Å². The number of hydrazone groups is 1. The van der Waals surface area contributed by atoms with Crippen LogP contribution in [0.15, 0.2) is 21.2 Å². The van der Waals surface area contributed by atoms with Crippen LogP contribution in [0.25, 0.3) is 0 Å². The summed E-state index contributed by atoms with van der Waals surface area (Å²) in [4.78, 5) is 33.3. The van der Waals surface area contributed by atoms with Crippen molar-refractivity contribution >= 4 is 35.6 Å². The number of nitrogens with zero attached hydrogens (tertiary/aromatic N) is 6. The number of carbonyl (C=O) groups excluding carboxylic acids is 2. The highest BCUT2D eigenvalue weighted by molar-refractivity contribution is 6.24. The standard InChI is InChI=1S/C19H25N7O2/c1-12-10-15(21-16(27)9-8-13-6-4-3-5-7-13)26(24-12)19-22-17-14(18(28)23-19)11-20-25(17)2/h10-11,13-14H,3-9H2,1-2H3,(H,21,27). The Kier molecular flexibility index (Phi) is 5.06. The summed E-state index contributed by atoms with van der Waals surface area (Å²) in [6.45, 7) is 1.82. The number of nitrogens with one attached hydrogen (secondary N) is 1. The average molecular weight is 383 g/mol. The van der Waals surface area contributed by atoms with Crippen molar-refractivity contribution in [1.82, 2.24) is 14.8 Å². The molecule has 0 spiro atoms. The first-order valence-corrected chi connectivity index (χ1v) is 9.87. The van der Waals surface area contributed by atoms with Gasteiger partial charge in [-0.15, -0.1) is 0 Å². The van der Waals surface area contributed by atoms with Crippen molar-refractivity contribution in [3.8, 4) is 0 Å². The molecule has 3 aliphatic rings. The largest absolute Gasteiger partial charge is 0.310 e. The topological polar surface area (TPSA) is 104 Å². The van der Waals surface area contributed by atoms with Gasteiger partial charge < -0.3 is 5.32 Å². The highest BCUT2D eigenvalue weighted by Crippen LogP contribution is 2.27. The van der Waals surface area contributed by atoms with E-state index in [9.17, 15) is 9.59 Å². The van der Waals surface area contributed by atoms with Gasteiger partial charge in [-0.3, -0.25) is 14.6 Å². The highest BCUT2D eigenvalue weighted by Gasteiger charge is 2.35. The average Bonchev–Trinajstić information content (AvgIpc) is 3.24. The van der Waals surface area contributed by atoms with Gasteiger partial charge in [-0.1, -0.05) is 32.1 Å². The molecule has 4 rings (SSSR count). The minimum Gasteiger partial charge on any atom is -0.310 e. The van der Waals surface area contributed by atoms with Gasteiger partial charge in [0.15, 0.2) is 0 Å². The fourth-order valence-electron chi connectivity index (χ4n) is 3.96. The first-order valence-electron chi connectivity index (χ1n) is 9.87. The molecule has 1 atom stereocenters. The van der Waals surface area contributed by atoms with Crippen molar-refractivity contribution in [2.45, 2.75) is 51.9 Å². The molecule has 1 unspecified atom stereocenters. The fraction of sp³-hybridized carbons (Fsp3) is 0.579. The number of anilines is 1. The summed E-state index contributed by atoms with van der Waals surface area (Å²) in [6.07, 6.45) is 9.21. The number of aliphatic imine (C=N–C) groups is 2. The molecule has 1 aliphatic carbocycles. The van der Waals surface area contributed by atoms with Crippen molar-refractivity contribution < 1.29 is 9.59 Å². The van der Waals surface area contributed by atoms with Crippen LogP contribution in [0.2, 0.25) is 0 Å². The molecule has 3 heterocycles. The third-order valence-corrected chi connectivity index (χ3v) is 5.48. The van der Waals surface area contributed by atoms with Gasteiger partial charge in [0.05, 0.1) is 5.69 Å². The molecular weight excluding hydrogens is 358 g/mol. The van der Waals surface area contributed by atoms with E-state index >= 15 is 0 Å². The van der Waals surface area contributed by atoms with E-state index in [1.807, 2.05) is 6.92 Å². The number of carbonyl (C=O) groups is 2. The SMILES string of the molecule is Cc1cc(NC(=O)CCC2CCCCC2)n(C2=NC(=O)C3C=NN(C)C3=N2)n1. The predicted molar refractivity (Wildman–Crippen MR) is 106 cm³/mol. The van der Waals surface area contributed by atoms with Gasteiger partial charge in [0.2, 0.25) is 5.91 Å². The second kappa shape index (κ2) is 7.65. The van der Waals surface area contributed by atoms with Crippen LogP contribution < -0.4 is 5.32 Å². The maximum atomic E-state index is 12.5. The van der Waals surface area contributed by atoms with E-state index in [-0.39, 0.29) is 17.8 Å². The zero-order chi connectivity index (χ0) is 19.7. The van der Waals surface area contributed by atoms with Crippen molar-refractivity contribution in [3.05, 3.63) is 11.8 Å². The van der Waals surface area contributed by atoms with Crippen LogP contribution in [0.1, 0.15) is 50.6 Å². The Morgan fingerprint density at radius 2 is 2.04 bits per heavy atom. The smallest absolute Gasteiger partial charge is 0.265 e. The molecule has 1 aromatic heterocycles. The van der Waals surface area contributed by atoms with Gasteiger partial charge in [-0.05, 0) is 19.3 Å². The van der Waals surface area contributed by atoms with Gasteiger partial charge in [-0.2, -0.15) is 24.9 Å². The zero-order valence-corrected chi connectivity index (χ0v) is 16.3. The lowest BCUT2D eigenvalue weighted by molar-refractivity contribution is -0.118. The Bertz CT molecular complexity index is 877. The van der Waals surface area contributed by atoms with Crippen molar-refractivity contribution in [2.24, 2.45) is 26.9 Å². The van der Waals surface area contributed by atoms with Crippen LogP contribution in [0.3, 0.4) is 0 Å². The molecule has 2 amide bonds. The van der Waals surface area contributed by atoms with Gasteiger partial charge in [0.1, 0.15) is 17.6 Å². The van der Waals surface area contributed by atoms with E-state index in [2.05, 4.69) is 25.5 Å². The second-order valence-electron chi connectivity index (χ2n) is 7.66. The van der Waals surface area contributed by atoms with E-state index in [0.29, 0.717) is 29.7 Å². The Morgan fingerprint density at radius 1 is 1.25 bits per heavy atom. The van der Waals surface area contributed by atoms with E-state index < -0.39 is 5.92 Å². The summed E-state index contributed by atoms with van der Waals surface area (Å²) >= 11 is 0. The van der Waals surface area contributed by atoms with Crippen LogP contribution in [-0.4, -0.2) is 51.7 Å². The molecule has 28 heavy (non-hydrogen) atoms. The van der Waals surface area contributed by atoms with E-state index in [4.69, 9.17) is 0 Å². The Hall–Kier alpha value is -2.84. The van der Waals surface area contributed by atoms with Crippen LogP contribution in [0.4, 0.5) is 5.82 Å². The number of hydrogen-bond donors (Lipinski definition) is 1. The summed E-state index contributed by atoms with van der Waals surface area (Å²) in [5.74, 6) is 0.841. The molecule has 1 saturated carbocycles.